The normalized spacial score (nSPS) is 13.2. The first-order valence-electron chi connectivity index (χ1n) is 3.91. The molecule has 0 amide bonds. The van der Waals surface area contributed by atoms with Gasteiger partial charge in [0.05, 0.1) is 12.6 Å². The molecule has 1 aromatic rings. The average molecular weight is 205 g/mol. The Balaban J connectivity index is 3.16. The van der Waals surface area contributed by atoms with Crippen LogP contribution in [-0.2, 0) is 0 Å². The van der Waals surface area contributed by atoms with Crippen LogP contribution in [-0.4, -0.2) is 33.0 Å². The van der Waals surface area contributed by atoms with Crippen molar-refractivity contribution >= 4 is 6.29 Å². The maximum absolute atomic E-state index is 12.5. The summed E-state index contributed by atoms with van der Waals surface area (Å²) in [6, 6.07) is -0.625. The Morgan fingerprint density at radius 3 is 2.71 bits per heavy atom. The zero-order valence-corrected chi connectivity index (χ0v) is 7.39. The van der Waals surface area contributed by atoms with Crippen molar-refractivity contribution in [2.24, 2.45) is 0 Å². The third-order valence-corrected chi connectivity index (χ3v) is 1.76. The van der Waals surface area contributed by atoms with E-state index in [0.717, 1.165) is 4.68 Å². The van der Waals surface area contributed by atoms with Gasteiger partial charge in [-0.15, -0.1) is 5.10 Å². The zero-order valence-electron chi connectivity index (χ0n) is 7.39. The van der Waals surface area contributed by atoms with E-state index in [4.69, 9.17) is 5.11 Å². The number of nitrogens with zero attached hydrogens (tertiary/aromatic N) is 3. The highest BCUT2D eigenvalue weighted by Crippen LogP contribution is 2.22. The first-order valence-corrected chi connectivity index (χ1v) is 3.91. The minimum atomic E-state index is -2.83. The fourth-order valence-electron chi connectivity index (χ4n) is 1.01. The molecule has 0 spiro atoms. The highest BCUT2D eigenvalue weighted by Gasteiger charge is 2.23. The van der Waals surface area contributed by atoms with Gasteiger partial charge in [0.1, 0.15) is 5.69 Å². The minimum Gasteiger partial charge on any atom is -0.394 e. The van der Waals surface area contributed by atoms with E-state index < -0.39 is 18.2 Å². The van der Waals surface area contributed by atoms with Crippen LogP contribution in [0.4, 0.5) is 8.78 Å². The van der Waals surface area contributed by atoms with Crippen LogP contribution < -0.4 is 0 Å². The first kappa shape index (κ1) is 10.7. The summed E-state index contributed by atoms with van der Waals surface area (Å²) in [5, 5.41) is 15.4. The lowest BCUT2D eigenvalue weighted by Gasteiger charge is -2.10. The quantitative estimate of drug-likeness (QED) is 0.730. The van der Waals surface area contributed by atoms with Crippen LogP contribution >= 0.6 is 0 Å². The predicted octanol–water partition coefficient (Wildman–Crippen LogP) is 0.581. The fraction of sp³-hybridized carbons (Fsp3) is 0.571. The number of aliphatic hydroxyl groups is 1. The van der Waals surface area contributed by atoms with Crippen LogP contribution in [0.5, 0.6) is 0 Å². The Kier molecular flexibility index (Phi) is 3.23. The van der Waals surface area contributed by atoms with Crippen LogP contribution in [0.1, 0.15) is 35.6 Å². The molecule has 0 aliphatic carbocycles. The summed E-state index contributed by atoms with van der Waals surface area (Å²) in [7, 11) is 0. The number of aromatic nitrogens is 3. The Morgan fingerprint density at radius 2 is 2.29 bits per heavy atom. The van der Waals surface area contributed by atoms with Gasteiger partial charge in [0.2, 0.25) is 0 Å². The molecule has 0 bridgehead atoms. The molecule has 7 heteroatoms. The lowest BCUT2D eigenvalue weighted by atomic mass is 10.3. The molecule has 14 heavy (non-hydrogen) atoms. The lowest BCUT2D eigenvalue weighted by Crippen LogP contribution is -2.14. The number of halogens is 2. The van der Waals surface area contributed by atoms with Crippen molar-refractivity contribution in [2.45, 2.75) is 19.4 Å². The van der Waals surface area contributed by atoms with Crippen molar-refractivity contribution in [3.05, 3.63) is 11.4 Å². The number of aliphatic hydroxyl groups excluding tert-OH is 1. The van der Waals surface area contributed by atoms with Crippen molar-refractivity contribution in [2.75, 3.05) is 6.61 Å². The van der Waals surface area contributed by atoms with Gasteiger partial charge in [-0.1, -0.05) is 5.21 Å². The molecule has 0 aliphatic heterocycles. The molecule has 0 aliphatic rings. The van der Waals surface area contributed by atoms with E-state index in [1.165, 1.54) is 6.92 Å². The molecule has 0 saturated heterocycles. The number of aldehydes is 1. The Morgan fingerprint density at radius 1 is 1.64 bits per heavy atom. The summed E-state index contributed by atoms with van der Waals surface area (Å²) in [5.74, 6) is 0. The molecule has 1 heterocycles. The van der Waals surface area contributed by atoms with Gasteiger partial charge in [-0.25, -0.2) is 13.5 Å². The number of rotatable bonds is 4. The number of hydrogen-bond donors (Lipinski definition) is 1. The largest absolute Gasteiger partial charge is 0.394 e. The van der Waals surface area contributed by atoms with Gasteiger partial charge >= 0.3 is 0 Å². The van der Waals surface area contributed by atoms with Crippen LogP contribution in [0.3, 0.4) is 0 Å². The molecule has 1 atom stereocenters. The fourth-order valence-corrected chi connectivity index (χ4v) is 1.01. The molecule has 1 aromatic heterocycles. The summed E-state index contributed by atoms with van der Waals surface area (Å²) in [6.45, 7) is 1.15. The summed E-state index contributed by atoms with van der Waals surface area (Å²) in [6.07, 6.45) is -2.62. The molecule has 0 saturated carbocycles. The van der Waals surface area contributed by atoms with E-state index in [1.54, 1.807) is 0 Å². The highest BCUT2D eigenvalue weighted by molar-refractivity contribution is 5.73. The lowest BCUT2D eigenvalue weighted by molar-refractivity contribution is 0.109. The maximum Gasteiger partial charge on any atom is 0.282 e. The summed E-state index contributed by atoms with van der Waals surface area (Å²) in [4.78, 5) is 10.3. The molecule has 1 rings (SSSR count). The van der Waals surface area contributed by atoms with Crippen LogP contribution in [0.15, 0.2) is 0 Å². The number of carbonyl (C=O) groups is 1. The second kappa shape index (κ2) is 4.23. The Labute approximate surface area is 78.3 Å². The number of carbonyl (C=O) groups excluding carboxylic acids is 1. The van der Waals surface area contributed by atoms with Gasteiger partial charge in [-0.3, -0.25) is 4.79 Å². The minimum absolute atomic E-state index is 0.217. The molecular formula is C7H9F2N3O2. The molecule has 78 valence electrons. The summed E-state index contributed by atoms with van der Waals surface area (Å²) in [5.41, 5.74) is -0.943. The molecule has 0 radical (unpaired) electrons. The van der Waals surface area contributed by atoms with Crippen molar-refractivity contribution in [3.63, 3.8) is 0 Å². The van der Waals surface area contributed by atoms with Crippen molar-refractivity contribution < 1.29 is 18.7 Å². The summed E-state index contributed by atoms with van der Waals surface area (Å²) >= 11 is 0. The van der Waals surface area contributed by atoms with E-state index in [-0.39, 0.29) is 18.6 Å². The number of hydrogen-bond acceptors (Lipinski definition) is 4. The second-order valence-electron chi connectivity index (χ2n) is 2.75. The monoisotopic (exact) mass is 205 g/mol. The van der Waals surface area contributed by atoms with Gasteiger partial charge in [0.25, 0.3) is 6.43 Å². The average Bonchev–Trinajstić information content (AvgIpc) is 2.59. The zero-order chi connectivity index (χ0) is 10.7. The van der Waals surface area contributed by atoms with Crippen molar-refractivity contribution in [1.29, 1.82) is 0 Å². The smallest absolute Gasteiger partial charge is 0.282 e. The van der Waals surface area contributed by atoms with Crippen LogP contribution in [0.25, 0.3) is 0 Å². The van der Waals surface area contributed by atoms with Gasteiger partial charge in [-0.05, 0) is 6.92 Å². The third-order valence-electron chi connectivity index (χ3n) is 1.76. The standard InChI is InChI=1S/C7H9F2N3O2/c1-4(2-13)12-6(7(8)9)5(3-14)10-11-12/h3-4,7,13H,2H2,1H3. The number of alkyl halides is 2. The molecule has 1 N–H and O–H groups in total. The van der Waals surface area contributed by atoms with E-state index in [1.807, 2.05) is 0 Å². The third kappa shape index (κ3) is 1.77. The van der Waals surface area contributed by atoms with E-state index >= 15 is 0 Å². The topological polar surface area (TPSA) is 68.0 Å². The molecule has 0 aromatic carbocycles. The molecule has 0 fully saturated rings. The van der Waals surface area contributed by atoms with E-state index in [2.05, 4.69) is 10.3 Å². The molecular weight excluding hydrogens is 196 g/mol. The van der Waals surface area contributed by atoms with Gasteiger partial charge in [0, 0.05) is 0 Å². The van der Waals surface area contributed by atoms with E-state index in [0.29, 0.717) is 0 Å². The molecule has 5 nitrogen and oxygen atoms in total. The SMILES string of the molecule is CC(CO)n1nnc(C=O)c1C(F)F. The van der Waals surface area contributed by atoms with Crippen LogP contribution in [0, 0.1) is 0 Å². The van der Waals surface area contributed by atoms with Gasteiger partial charge in [0.15, 0.2) is 12.0 Å². The van der Waals surface area contributed by atoms with Crippen molar-refractivity contribution in [3.8, 4) is 0 Å². The van der Waals surface area contributed by atoms with Gasteiger partial charge < -0.3 is 5.11 Å². The van der Waals surface area contributed by atoms with Gasteiger partial charge in [-0.2, -0.15) is 0 Å². The second-order valence-corrected chi connectivity index (χ2v) is 2.75. The highest BCUT2D eigenvalue weighted by atomic mass is 19.3. The van der Waals surface area contributed by atoms with Crippen LogP contribution in [0.2, 0.25) is 0 Å². The van der Waals surface area contributed by atoms with Crippen molar-refractivity contribution in [1.82, 2.24) is 15.0 Å². The Hall–Kier alpha value is -1.37. The predicted molar refractivity (Wildman–Crippen MR) is 42.2 cm³/mol. The Bertz CT molecular complexity index is 327. The molecule has 1 unspecified atom stereocenters. The summed E-state index contributed by atoms with van der Waals surface area (Å²) < 4.78 is 25.8. The van der Waals surface area contributed by atoms with E-state index in [9.17, 15) is 13.6 Å². The maximum atomic E-state index is 12.5. The first-order chi connectivity index (χ1) is 6.61.